The monoisotopic (exact) mass is 200 g/mol. The number of likely N-dealkylation sites (N-methyl/N-ethyl adjacent to an activating group) is 1. The molecule has 2 unspecified atom stereocenters. The fraction of sp³-hybridized carbons (Fsp3) is 1.00. The van der Waals surface area contributed by atoms with Crippen molar-refractivity contribution >= 4 is 0 Å². The molecule has 14 heavy (non-hydrogen) atoms. The first kappa shape index (κ1) is 13.9. The highest BCUT2D eigenvalue weighted by molar-refractivity contribution is 4.86. The Kier molecular flexibility index (Phi) is 8.20. The molecule has 0 aromatic carbocycles. The largest absolute Gasteiger partial charge is 0.311 e. The molecule has 1 saturated heterocycles. The molecule has 1 N–H and O–H groups in total. The van der Waals surface area contributed by atoms with Gasteiger partial charge in [0.15, 0.2) is 0 Å². The van der Waals surface area contributed by atoms with Crippen LogP contribution in [0.5, 0.6) is 0 Å². The zero-order valence-electron chi connectivity index (χ0n) is 10.6. The van der Waals surface area contributed by atoms with Crippen LogP contribution in [0.3, 0.4) is 0 Å². The van der Waals surface area contributed by atoms with Crippen molar-refractivity contribution in [2.24, 2.45) is 0 Å². The molecule has 0 saturated carbocycles. The first-order chi connectivity index (χ1) is 6.79. The zero-order chi connectivity index (χ0) is 11.0. The van der Waals surface area contributed by atoms with Gasteiger partial charge in [-0.25, -0.2) is 0 Å². The summed E-state index contributed by atoms with van der Waals surface area (Å²) in [6.07, 6.45) is 3.89. The first-order valence-electron chi connectivity index (χ1n) is 6.23. The fourth-order valence-corrected chi connectivity index (χ4v) is 2.17. The molecule has 1 heterocycles. The Morgan fingerprint density at radius 2 is 1.93 bits per heavy atom. The maximum absolute atomic E-state index is 3.59. The maximum Gasteiger partial charge on any atom is 0.0246 e. The van der Waals surface area contributed by atoms with E-state index in [0.717, 1.165) is 18.6 Å². The molecule has 2 nitrogen and oxygen atoms in total. The Bertz CT molecular complexity index is 125. The smallest absolute Gasteiger partial charge is 0.0246 e. The molecule has 2 heteroatoms. The van der Waals surface area contributed by atoms with Crippen LogP contribution in [0.25, 0.3) is 0 Å². The second kappa shape index (κ2) is 8.25. The molecule has 86 valence electrons. The van der Waals surface area contributed by atoms with E-state index in [2.05, 4.69) is 31.1 Å². The van der Waals surface area contributed by atoms with Gasteiger partial charge in [-0.1, -0.05) is 34.1 Å². The number of hydrogen-bond donors (Lipinski definition) is 1. The van der Waals surface area contributed by atoms with Crippen LogP contribution in [0.2, 0.25) is 0 Å². The quantitative estimate of drug-likeness (QED) is 0.753. The number of rotatable bonds is 3. The minimum atomic E-state index is 0.726. The average Bonchev–Trinajstić information content (AvgIpc) is 2.24. The molecule has 0 spiro atoms. The van der Waals surface area contributed by atoms with Gasteiger partial charge in [0.05, 0.1) is 0 Å². The van der Waals surface area contributed by atoms with Gasteiger partial charge < -0.3 is 10.2 Å². The van der Waals surface area contributed by atoms with Crippen LogP contribution in [0.15, 0.2) is 0 Å². The highest BCUT2D eigenvalue weighted by Crippen LogP contribution is 2.15. The summed E-state index contributed by atoms with van der Waals surface area (Å²) in [7, 11) is 2.25. The van der Waals surface area contributed by atoms with Crippen LogP contribution < -0.4 is 5.32 Å². The third-order valence-corrected chi connectivity index (χ3v) is 2.93. The molecule has 2 atom stereocenters. The van der Waals surface area contributed by atoms with Gasteiger partial charge in [0, 0.05) is 25.2 Å². The summed E-state index contributed by atoms with van der Waals surface area (Å²) in [5.41, 5.74) is 0. The molecule has 0 aromatic rings. The van der Waals surface area contributed by atoms with Gasteiger partial charge in [-0.2, -0.15) is 0 Å². The lowest BCUT2D eigenvalue weighted by Crippen LogP contribution is -2.56. The Labute approximate surface area is 90.1 Å². The molecule has 0 radical (unpaired) electrons. The molecule has 0 aliphatic carbocycles. The van der Waals surface area contributed by atoms with Crippen molar-refractivity contribution in [3.05, 3.63) is 0 Å². The third kappa shape index (κ3) is 3.97. The lowest BCUT2D eigenvalue weighted by atomic mass is 9.97. The number of piperazine rings is 1. The molecule has 1 rings (SSSR count). The summed E-state index contributed by atoms with van der Waals surface area (Å²) < 4.78 is 0. The highest BCUT2D eigenvalue weighted by atomic mass is 15.2. The summed E-state index contributed by atoms with van der Waals surface area (Å²) >= 11 is 0. The number of nitrogens with zero attached hydrogens (tertiary/aromatic N) is 1. The van der Waals surface area contributed by atoms with E-state index in [0.29, 0.717) is 0 Å². The molecule has 0 bridgehead atoms. The van der Waals surface area contributed by atoms with Crippen LogP contribution >= 0.6 is 0 Å². The molecule has 0 amide bonds. The van der Waals surface area contributed by atoms with E-state index in [1.807, 2.05) is 13.8 Å². The van der Waals surface area contributed by atoms with Crippen molar-refractivity contribution in [2.75, 3.05) is 20.1 Å². The normalized spacial score (nSPS) is 28.1. The van der Waals surface area contributed by atoms with Crippen molar-refractivity contribution in [1.82, 2.24) is 10.2 Å². The van der Waals surface area contributed by atoms with Crippen molar-refractivity contribution in [3.63, 3.8) is 0 Å². The lowest BCUT2D eigenvalue weighted by Gasteiger charge is -2.39. The Hall–Kier alpha value is -0.0800. The van der Waals surface area contributed by atoms with Crippen molar-refractivity contribution in [2.45, 2.75) is 59.0 Å². The Balaban J connectivity index is 0.000000791. The van der Waals surface area contributed by atoms with Gasteiger partial charge in [-0.15, -0.1) is 0 Å². The Morgan fingerprint density at radius 3 is 2.43 bits per heavy atom. The van der Waals surface area contributed by atoms with Crippen molar-refractivity contribution in [3.8, 4) is 0 Å². The van der Waals surface area contributed by atoms with Gasteiger partial charge in [0.2, 0.25) is 0 Å². The van der Waals surface area contributed by atoms with Crippen LogP contribution in [-0.4, -0.2) is 37.1 Å². The van der Waals surface area contributed by atoms with Gasteiger partial charge in [0.1, 0.15) is 0 Å². The van der Waals surface area contributed by atoms with Crippen LogP contribution in [0.1, 0.15) is 47.0 Å². The number of hydrogen-bond acceptors (Lipinski definition) is 2. The van der Waals surface area contributed by atoms with Gasteiger partial charge in [0.25, 0.3) is 0 Å². The minimum Gasteiger partial charge on any atom is -0.311 e. The summed E-state index contributed by atoms with van der Waals surface area (Å²) in [5, 5.41) is 3.59. The number of nitrogens with one attached hydrogen (secondary N) is 1. The summed E-state index contributed by atoms with van der Waals surface area (Å²) in [5.74, 6) is 0. The summed E-state index contributed by atoms with van der Waals surface area (Å²) in [6, 6.07) is 1.50. The van der Waals surface area contributed by atoms with E-state index >= 15 is 0 Å². The standard InChI is InChI=1S/C10H22N2.C2H6/c1-4-6-10-9(5-2)11-7-8-12(10)3;1-2/h9-11H,4-8H2,1-3H3;1-2H3. The van der Waals surface area contributed by atoms with E-state index in [1.165, 1.54) is 25.8 Å². The van der Waals surface area contributed by atoms with Crippen molar-refractivity contribution < 1.29 is 0 Å². The predicted octanol–water partition coefficient (Wildman–Crippen LogP) is 2.49. The van der Waals surface area contributed by atoms with E-state index in [1.54, 1.807) is 0 Å². The van der Waals surface area contributed by atoms with Crippen LogP contribution in [-0.2, 0) is 0 Å². The van der Waals surface area contributed by atoms with Crippen LogP contribution in [0.4, 0.5) is 0 Å². The summed E-state index contributed by atoms with van der Waals surface area (Å²) in [6.45, 7) is 10.9. The lowest BCUT2D eigenvalue weighted by molar-refractivity contribution is 0.138. The molecule has 0 aromatic heterocycles. The van der Waals surface area contributed by atoms with Gasteiger partial charge in [-0.3, -0.25) is 0 Å². The summed E-state index contributed by atoms with van der Waals surface area (Å²) in [4.78, 5) is 2.51. The second-order valence-corrected chi connectivity index (χ2v) is 3.81. The molecule has 1 aliphatic heterocycles. The average molecular weight is 200 g/mol. The Morgan fingerprint density at radius 1 is 1.29 bits per heavy atom. The van der Waals surface area contributed by atoms with Gasteiger partial charge in [-0.05, 0) is 19.9 Å². The molecule has 1 aliphatic rings. The van der Waals surface area contributed by atoms with Crippen molar-refractivity contribution in [1.29, 1.82) is 0 Å². The van der Waals surface area contributed by atoms with E-state index in [-0.39, 0.29) is 0 Å². The first-order valence-corrected chi connectivity index (χ1v) is 6.23. The molecular formula is C12H28N2. The molecular weight excluding hydrogens is 172 g/mol. The predicted molar refractivity (Wildman–Crippen MR) is 64.8 cm³/mol. The highest BCUT2D eigenvalue weighted by Gasteiger charge is 2.26. The maximum atomic E-state index is 3.59. The van der Waals surface area contributed by atoms with Gasteiger partial charge >= 0.3 is 0 Å². The third-order valence-electron chi connectivity index (χ3n) is 2.93. The van der Waals surface area contributed by atoms with E-state index in [4.69, 9.17) is 0 Å². The minimum absolute atomic E-state index is 0.726. The zero-order valence-corrected chi connectivity index (χ0v) is 10.6. The fourth-order valence-electron chi connectivity index (χ4n) is 2.17. The molecule has 1 fully saturated rings. The van der Waals surface area contributed by atoms with E-state index in [9.17, 15) is 0 Å². The topological polar surface area (TPSA) is 15.3 Å². The van der Waals surface area contributed by atoms with E-state index < -0.39 is 0 Å². The van der Waals surface area contributed by atoms with Crippen LogP contribution in [0, 0.1) is 0 Å². The second-order valence-electron chi connectivity index (χ2n) is 3.81. The SMILES string of the molecule is CC.CCCC1C(CC)NCCN1C.